The number of fused-ring (bicyclic) bond motifs is 14. The molecule has 0 atom stereocenters. The summed E-state index contributed by atoms with van der Waals surface area (Å²) in [6.45, 7) is 9.00. The van der Waals surface area contributed by atoms with Crippen molar-refractivity contribution in [3.05, 3.63) is 208 Å². The van der Waals surface area contributed by atoms with E-state index in [-0.39, 0.29) is 12.1 Å². The van der Waals surface area contributed by atoms with Gasteiger partial charge >= 0.3 is 0 Å². The lowest BCUT2D eigenvalue weighted by Gasteiger charge is -2.44. The average Bonchev–Trinajstić information content (AvgIpc) is 3.67. The van der Waals surface area contributed by atoms with Gasteiger partial charge in [-0.1, -0.05) is 115 Å². The summed E-state index contributed by atoms with van der Waals surface area (Å²) in [6, 6.07) is 62.6. The number of nitrogens with zero attached hydrogens (tertiary/aromatic N) is 2. The largest absolute Gasteiger partial charge is 0.311 e. The van der Waals surface area contributed by atoms with Crippen molar-refractivity contribution in [2.45, 2.75) is 33.1 Å². The van der Waals surface area contributed by atoms with Gasteiger partial charge in [0.15, 0.2) is 0 Å². The van der Waals surface area contributed by atoms with Gasteiger partial charge in [-0.3, -0.25) is 0 Å². The molecule has 56 heavy (non-hydrogen) atoms. The van der Waals surface area contributed by atoms with Gasteiger partial charge in [-0.25, -0.2) is 0 Å². The number of hydrogen-bond acceptors (Lipinski definition) is 2. The van der Waals surface area contributed by atoms with Gasteiger partial charge in [-0.15, -0.1) is 0 Å². The van der Waals surface area contributed by atoms with Crippen molar-refractivity contribution < 1.29 is 0 Å². The van der Waals surface area contributed by atoms with Gasteiger partial charge in [0, 0.05) is 34.1 Å². The first-order chi connectivity index (χ1) is 27.4. The maximum Gasteiger partial charge on any atom is 0.252 e. The summed E-state index contributed by atoms with van der Waals surface area (Å²) in [4.78, 5) is 5.09. The minimum absolute atomic E-state index is 0.106. The van der Waals surface area contributed by atoms with Crippen LogP contribution in [0.1, 0.15) is 44.5 Å². The zero-order valence-corrected chi connectivity index (χ0v) is 32.1. The monoisotopic (exact) mass is 714 g/mol. The summed E-state index contributed by atoms with van der Waals surface area (Å²) in [6.07, 6.45) is 0. The highest BCUT2D eigenvalue weighted by atomic mass is 15.2. The maximum atomic E-state index is 2.57. The summed E-state index contributed by atoms with van der Waals surface area (Å²) in [5, 5.41) is 0. The number of anilines is 6. The fourth-order valence-electron chi connectivity index (χ4n) is 10.9. The molecule has 4 aliphatic rings. The predicted molar refractivity (Wildman–Crippen MR) is 236 cm³/mol. The molecule has 3 heteroatoms. The number of aryl methyl sites for hydroxylation is 4. The molecule has 2 aliphatic carbocycles. The van der Waals surface area contributed by atoms with Crippen molar-refractivity contribution in [2.24, 2.45) is 0 Å². The van der Waals surface area contributed by atoms with Crippen molar-refractivity contribution in [1.82, 2.24) is 0 Å². The van der Waals surface area contributed by atoms with Crippen molar-refractivity contribution in [1.29, 1.82) is 0 Å². The van der Waals surface area contributed by atoms with Crippen LogP contribution in [0.4, 0.5) is 34.1 Å². The van der Waals surface area contributed by atoms with E-state index in [1.54, 1.807) is 0 Å². The fraction of sp³-hybridized carbons (Fsp3) is 0.0943. The molecule has 0 N–H and O–H groups in total. The summed E-state index contributed by atoms with van der Waals surface area (Å²) < 4.78 is 0. The normalized spacial score (nSPS) is 14.5. The van der Waals surface area contributed by atoms with E-state index >= 15 is 0 Å². The van der Waals surface area contributed by atoms with Crippen LogP contribution in [0.2, 0.25) is 0 Å². The van der Waals surface area contributed by atoms with Crippen LogP contribution in [-0.4, -0.2) is 6.71 Å². The molecule has 2 aliphatic heterocycles. The third-order valence-electron chi connectivity index (χ3n) is 13.0. The topological polar surface area (TPSA) is 6.48 Å². The van der Waals surface area contributed by atoms with E-state index in [2.05, 4.69) is 201 Å². The number of benzene rings is 8. The predicted octanol–water partition coefficient (Wildman–Crippen LogP) is 11.3. The highest BCUT2D eigenvalue weighted by molar-refractivity contribution is 7.00. The molecule has 0 saturated carbocycles. The standard InChI is InChI=1S/C53H39BN2/c1-32-12-11-13-36(26-32)55-48-27-33(2)20-24-46(48)54-47-25-21-34(3)28-49(47)56(51-30-35(4)29-50(55)52(51)54)37-22-23-45-41(31-37)40-16-7-10-19-44(40)53(45)42-17-8-5-14-38(42)39-15-6-9-18-43(39)53/h5-31H,1-4H3. The average molecular weight is 715 g/mol. The first-order valence-electron chi connectivity index (χ1n) is 19.9. The van der Waals surface area contributed by atoms with Crippen LogP contribution in [0, 0.1) is 27.7 Å². The van der Waals surface area contributed by atoms with Gasteiger partial charge < -0.3 is 9.80 Å². The Bertz CT molecular complexity index is 2960. The minimum atomic E-state index is -0.363. The van der Waals surface area contributed by atoms with Crippen molar-refractivity contribution in [2.75, 3.05) is 9.80 Å². The molecule has 0 fully saturated rings. The molecule has 1 spiro atoms. The van der Waals surface area contributed by atoms with E-state index in [4.69, 9.17) is 0 Å². The summed E-state index contributed by atoms with van der Waals surface area (Å²) in [7, 11) is 0. The Morgan fingerprint density at radius 3 is 1.38 bits per heavy atom. The number of hydrogen-bond donors (Lipinski definition) is 0. The first kappa shape index (κ1) is 31.7. The van der Waals surface area contributed by atoms with E-state index < -0.39 is 0 Å². The molecule has 264 valence electrons. The lowest BCUT2D eigenvalue weighted by atomic mass is 9.33. The highest BCUT2D eigenvalue weighted by Crippen LogP contribution is 2.63. The molecule has 12 rings (SSSR count). The van der Waals surface area contributed by atoms with Crippen LogP contribution in [0.15, 0.2) is 164 Å². The zero-order chi connectivity index (χ0) is 37.4. The second kappa shape index (κ2) is 11.2. The van der Waals surface area contributed by atoms with Gasteiger partial charge in [0.2, 0.25) is 0 Å². The summed E-state index contributed by atoms with van der Waals surface area (Å²) >= 11 is 0. The molecular weight excluding hydrogens is 675 g/mol. The Balaban J connectivity index is 1.14. The van der Waals surface area contributed by atoms with Gasteiger partial charge in [0.1, 0.15) is 0 Å². The minimum Gasteiger partial charge on any atom is -0.311 e. The smallest absolute Gasteiger partial charge is 0.252 e. The molecule has 0 radical (unpaired) electrons. The Kier molecular flexibility index (Phi) is 6.37. The molecule has 0 aromatic heterocycles. The lowest BCUT2D eigenvalue weighted by Crippen LogP contribution is -2.61. The number of rotatable bonds is 2. The first-order valence-corrected chi connectivity index (χ1v) is 19.9. The zero-order valence-electron chi connectivity index (χ0n) is 32.1. The molecule has 8 aromatic rings. The summed E-state index contributed by atoms with van der Waals surface area (Å²) in [5.41, 5.74) is 26.9. The second-order valence-corrected chi connectivity index (χ2v) is 16.4. The quantitative estimate of drug-likeness (QED) is 0.165. The molecule has 8 aromatic carbocycles. The Morgan fingerprint density at radius 1 is 0.357 bits per heavy atom. The van der Waals surface area contributed by atoms with Crippen LogP contribution in [0.3, 0.4) is 0 Å². The molecular formula is C53H39BN2. The third kappa shape index (κ3) is 4.02. The Hall–Kier alpha value is -6.58. The van der Waals surface area contributed by atoms with Gasteiger partial charge in [-0.2, -0.15) is 0 Å². The van der Waals surface area contributed by atoms with Crippen LogP contribution in [-0.2, 0) is 5.41 Å². The highest BCUT2D eigenvalue weighted by Gasteiger charge is 2.52. The van der Waals surface area contributed by atoms with Crippen LogP contribution < -0.4 is 26.2 Å². The van der Waals surface area contributed by atoms with E-state index in [1.807, 2.05) is 0 Å². The van der Waals surface area contributed by atoms with Crippen molar-refractivity contribution in [3.63, 3.8) is 0 Å². The molecule has 2 heterocycles. The van der Waals surface area contributed by atoms with Crippen LogP contribution >= 0.6 is 0 Å². The Labute approximate surface area is 329 Å². The SMILES string of the molecule is Cc1cccc(N2c3cc(C)ccc3B3c4ccc(C)cc4N(c4ccc5c(c4)-c4ccccc4C54c5ccccc5-c5ccccc54)c4cc(C)cc2c43)c1. The summed E-state index contributed by atoms with van der Waals surface area (Å²) in [5.74, 6) is 0. The lowest BCUT2D eigenvalue weighted by molar-refractivity contribution is 0.794. The van der Waals surface area contributed by atoms with Crippen LogP contribution in [0.5, 0.6) is 0 Å². The van der Waals surface area contributed by atoms with Crippen molar-refractivity contribution in [3.8, 4) is 22.3 Å². The van der Waals surface area contributed by atoms with E-state index in [0.717, 1.165) is 0 Å². The molecule has 0 amide bonds. The molecule has 0 saturated heterocycles. The Morgan fingerprint density at radius 2 is 0.821 bits per heavy atom. The third-order valence-corrected chi connectivity index (χ3v) is 13.0. The maximum absolute atomic E-state index is 2.57. The molecule has 0 bridgehead atoms. The van der Waals surface area contributed by atoms with E-state index in [9.17, 15) is 0 Å². The van der Waals surface area contributed by atoms with E-state index in [0.29, 0.717) is 0 Å². The molecule has 2 nitrogen and oxygen atoms in total. The second-order valence-electron chi connectivity index (χ2n) is 16.4. The van der Waals surface area contributed by atoms with Crippen molar-refractivity contribution >= 4 is 57.2 Å². The fourth-order valence-corrected chi connectivity index (χ4v) is 10.9. The van der Waals surface area contributed by atoms with Gasteiger partial charge in [0.05, 0.1) is 5.41 Å². The van der Waals surface area contributed by atoms with E-state index in [1.165, 1.54) is 117 Å². The molecule has 0 unspecified atom stereocenters. The van der Waals surface area contributed by atoms with Gasteiger partial charge in [-0.05, 0) is 159 Å². The van der Waals surface area contributed by atoms with Crippen LogP contribution in [0.25, 0.3) is 22.3 Å². The van der Waals surface area contributed by atoms with Gasteiger partial charge in [0.25, 0.3) is 6.71 Å².